The number of likely N-dealkylation sites (tertiary alicyclic amines) is 1. The summed E-state index contributed by atoms with van der Waals surface area (Å²) in [6.45, 7) is 2.62. The molecule has 3 N–H and O–H groups in total. The number of urea groups is 1. The van der Waals surface area contributed by atoms with E-state index in [4.69, 9.17) is 5.11 Å². The zero-order valence-corrected chi connectivity index (χ0v) is 13.2. The van der Waals surface area contributed by atoms with E-state index in [2.05, 4.69) is 21.2 Å². The van der Waals surface area contributed by atoms with Gasteiger partial charge in [-0.2, -0.15) is 0 Å². The van der Waals surface area contributed by atoms with E-state index in [0.717, 1.165) is 0 Å². The minimum absolute atomic E-state index is 0.0294. The maximum Gasteiger partial charge on any atom is 0.337 e. The fraction of sp³-hybridized carbons (Fsp3) is 0.429. The van der Waals surface area contributed by atoms with Gasteiger partial charge in [-0.1, -0.05) is 6.07 Å². The highest BCUT2D eigenvalue weighted by molar-refractivity contribution is 9.10. The van der Waals surface area contributed by atoms with Crippen molar-refractivity contribution in [2.45, 2.75) is 25.4 Å². The number of carboxylic acid groups (broad SMARTS) is 1. The second kappa shape index (κ2) is 6.03. The predicted molar refractivity (Wildman–Crippen MR) is 81.6 cm³/mol. The minimum atomic E-state index is -1.10. The van der Waals surface area contributed by atoms with Crippen LogP contribution in [-0.4, -0.2) is 45.8 Å². The number of para-hydroxylation sites is 1. The molecule has 2 amide bonds. The summed E-state index contributed by atoms with van der Waals surface area (Å²) in [5.74, 6) is -1.10. The Morgan fingerprint density at radius 3 is 2.52 bits per heavy atom. The lowest BCUT2D eigenvalue weighted by atomic mass is 9.94. The van der Waals surface area contributed by atoms with Gasteiger partial charge in [-0.15, -0.1) is 0 Å². The number of carboxylic acids is 1. The first-order valence-electron chi connectivity index (χ1n) is 6.60. The number of hydrogen-bond donors (Lipinski definition) is 3. The number of nitrogens with one attached hydrogen (secondary N) is 1. The number of rotatable bonds is 2. The van der Waals surface area contributed by atoms with Gasteiger partial charge in [-0.25, -0.2) is 9.59 Å². The number of aromatic carboxylic acids is 1. The van der Waals surface area contributed by atoms with Crippen LogP contribution in [0, 0.1) is 0 Å². The molecular formula is C14H17BrN2O4. The molecule has 1 aromatic carbocycles. The fourth-order valence-corrected chi connectivity index (χ4v) is 2.67. The van der Waals surface area contributed by atoms with Gasteiger partial charge in [0.05, 0.1) is 16.9 Å². The Morgan fingerprint density at radius 1 is 1.33 bits per heavy atom. The lowest BCUT2D eigenvalue weighted by Gasteiger charge is -2.35. The Bertz CT molecular complexity index is 564. The van der Waals surface area contributed by atoms with Crippen LogP contribution in [0.15, 0.2) is 22.7 Å². The van der Waals surface area contributed by atoms with Crippen LogP contribution in [0.25, 0.3) is 0 Å². The average molecular weight is 357 g/mol. The van der Waals surface area contributed by atoms with Crippen LogP contribution in [0.4, 0.5) is 10.5 Å². The van der Waals surface area contributed by atoms with E-state index in [1.807, 2.05) is 0 Å². The number of piperidine rings is 1. The zero-order chi connectivity index (χ0) is 15.6. The number of aliphatic hydroxyl groups is 1. The summed E-state index contributed by atoms with van der Waals surface area (Å²) in [5, 5.41) is 21.7. The Hall–Kier alpha value is -1.60. The van der Waals surface area contributed by atoms with Crippen molar-refractivity contribution in [2.75, 3.05) is 18.4 Å². The van der Waals surface area contributed by atoms with Gasteiger partial charge in [0, 0.05) is 17.6 Å². The maximum absolute atomic E-state index is 12.2. The third-order valence-corrected chi connectivity index (χ3v) is 4.26. The normalized spacial score (nSPS) is 17.4. The summed E-state index contributed by atoms with van der Waals surface area (Å²) >= 11 is 3.25. The van der Waals surface area contributed by atoms with Crippen LogP contribution in [0.3, 0.4) is 0 Å². The Morgan fingerprint density at radius 2 is 1.95 bits per heavy atom. The molecule has 1 aliphatic rings. The Balaban J connectivity index is 2.12. The zero-order valence-electron chi connectivity index (χ0n) is 11.6. The number of carbonyl (C=O) groups excluding carboxylic acids is 1. The molecule has 0 bridgehead atoms. The van der Waals surface area contributed by atoms with Crippen molar-refractivity contribution < 1.29 is 19.8 Å². The number of benzene rings is 1. The van der Waals surface area contributed by atoms with Crippen LogP contribution < -0.4 is 5.32 Å². The summed E-state index contributed by atoms with van der Waals surface area (Å²) in [6, 6.07) is 4.34. The van der Waals surface area contributed by atoms with Gasteiger partial charge in [0.2, 0.25) is 0 Å². The second-order valence-corrected chi connectivity index (χ2v) is 6.24. The van der Waals surface area contributed by atoms with Gasteiger partial charge in [0.1, 0.15) is 0 Å². The molecule has 1 heterocycles. The highest BCUT2D eigenvalue weighted by Crippen LogP contribution is 2.28. The molecule has 0 atom stereocenters. The van der Waals surface area contributed by atoms with Crippen molar-refractivity contribution in [2.24, 2.45) is 0 Å². The molecule has 0 aliphatic carbocycles. The molecule has 0 saturated carbocycles. The number of anilines is 1. The number of carbonyl (C=O) groups is 2. The summed E-state index contributed by atoms with van der Waals surface area (Å²) in [7, 11) is 0. The number of nitrogens with zero attached hydrogens (tertiary/aromatic N) is 1. The van der Waals surface area contributed by atoms with Crippen molar-refractivity contribution in [3.8, 4) is 0 Å². The highest BCUT2D eigenvalue weighted by Gasteiger charge is 2.30. The van der Waals surface area contributed by atoms with Gasteiger partial charge >= 0.3 is 12.0 Å². The molecule has 0 aromatic heterocycles. The van der Waals surface area contributed by atoms with Crippen molar-refractivity contribution in [1.29, 1.82) is 0 Å². The molecule has 1 fully saturated rings. The second-order valence-electron chi connectivity index (χ2n) is 5.38. The molecule has 1 aromatic rings. The van der Waals surface area contributed by atoms with E-state index < -0.39 is 11.6 Å². The van der Waals surface area contributed by atoms with Gasteiger partial charge in [0.25, 0.3) is 0 Å². The first kappa shape index (κ1) is 15.8. The van der Waals surface area contributed by atoms with E-state index >= 15 is 0 Å². The van der Waals surface area contributed by atoms with Crippen LogP contribution >= 0.6 is 15.9 Å². The average Bonchev–Trinajstić information content (AvgIpc) is 2.40. The van der Waals surface area contributed by atoms with Crippen molar-refractivity contribution in [3.05, 3.63) is 28.2 Å². The highest BCUT2D eigenvalue weighted by atomic mass is 79.9. The SMILES string of the molecule is CC1(O)CCN(C(=O)Nc2c(Br)cccc2C(=O)O)CC1. The predicted octanol–water partition coefficient (Wildman–Crippen LogP) is 2.53. The van der Waals surface area contributed by atoms with Gasteiger partial charge in [-0.3, -0.25) is 0 Å². The Labute approximate surface area is 130 Å². The molecule has 1 aliphatic heterocycles. The monoisotopic (exact) mass is 356 g/mol. The van der Waals surface area contributed by atoms with Gasteiger partial charge in [0.15, 0.2) is 0 Å². The molecular weight excluding hydrogens is 340 g/mol. The van der Waals surface area contributed by atoms with E-state index in [9.17, 15) is 14.7 Å². The van der Waals surface area contributed by atoms with E-state index in [1.165, 1.54) is 6.07 Å². The molecule has 0 unspecified atom stereocenters. The van der Waals surface area contributed by atoms with Crippen LogP contribution in [-0.2, 0) is 0 Å². The number of amides is 2. The molecule has 6 nitrogen and oxygen atoms in total. The van der Waals surface area contributed by atoms with E-state index in [1.54, 1.807) is 24.0 Å². The van der Waals surface area contributed by atoms with Crippen LogP contribution in [0.2, 0.25) is 0 Å². The third kappa shape index (κ3) is 3.74. The lowest BCUT2D eigenvalue weighted by molar-refractivity contribution is 0.00570. The maximum atomic E-state index is 12.2. The van der Waals surface area contributed by atoms with Crippen molar-refractivity contribution in [3.63, 3.8) is 0 Å². The summed E-state index contributed by atoms with van der Waals surface area (Å²) < 4.78 is 0.514. The summed E-state index contributed by atoms with van der Waals surface area (Å²) in [6.07, 6.45) is 1.00. The first-order valence-corrected chi connectivity index (χ1v) is 7.39. The topological polar surface area (TPSA) is 89.9 Å². The Kier molecular flexibility index (Phi) is 4.53. The number of halogens is 1. The standard InChI is InChI=1S/C14H17BrN2O4/c1-14(21)5-7-17(8-6-14)13(20)16-11-9(12(18)19)3-2-4-10(11)15/h2-4,21H,5-8H2,1H3,(H,16,20)(H,18,19). The first-order chi connectivity index (χ1) is 9.80. The van der Waals surface area contributed by atoms with E-state index in [0.29, 0.717) is 30.4 Å². The summed E-state index contributed by atoms with van der Waals surface area (Å²) in [4.78, 5) is 25.0. The van der Waals surface area contributed by atoms with Crippen LogP contribution in [0.5, 0.6) is 0 Å². The quantitative estimate of drug-likeness (QED) is 0.759. The van der Waals surface area contributed by atoms with E-state index in [-0.39, 0.29) is 17.3 Å². The van der Waals surface area contributed by atoms with Crippen LogP contribution in [0.1, 0.15) is 30.1 Å². The number of hydrogen-bond acceptors (Lipinski definition) is 3. The van der Waals surface area contributed by atoms with Gasteiger partial charge < -0.3 is 20.4 Å². The molecule has 7 heteroatoms. The summed E-state index contributed by atoms with van der Waals surface area (Å²) in [5.41, 5.74) is -0.467. The smallest absolute Gasteiger partial charge is 0.337 e. The van der Waals surface area contributed by atoms with Gasteiger partial charge in [-0.05, 0) is 47.8 Å². The lowest BCUT2D eigenvalue weighted by Crippen LogP contribution is -2.46. The molecule has 2 rings (SSSR count). The minimum Gasteiger partial charge on any atom is -0.478 e. The van der Waals surface area contributed by atoms with Crippen molar-refractivity contribution in [1.82, 2.24) is 4.90 Å². The molecule has 0 spiro atoms. The molecule has 1 saturated heterocycles. The fourth-order valence-electron chi connectivity index (χ4n) is 2.21. The third-order valence-electron chi connectivity index (χ3n) is 3.60. The molecule has 0 radical (unpaired) electrons. The van der Waals surface area contributed by atoms with Crippen molar-refractivity contribution >= 4 is 33.6 Å². The molecule has 21 heavy (non-hydrogen) atoms. The largest absolute Gasteiger partial charge is 0.478 e. The molecule has 114 valence electrons.